The van der Waals surface area contributed by atoms with Crippen LogP contribution in [-0.4, -0.2) is 44.4 Å². The first kappa shape index (κ1) is 16.7. The molecule has 134 valence electrons. The summed E-state index contributed by atoms with van der Waals surface area (Å²) in [4.78, 5) is 23.5. The number of aryl methyl sites for hydroxylation is 1. The predicted molar refractivity (Wildman–Crippen MR) is 97.9 cm³/mol. The van der Waals surface area contributed by atoms with Crippen molar-refractivity contribution in [1.29, 1.82) is 0 Å². The summed E-state index contributed by atoms with van der Waals surface area (Å²) in [6, 6.07) is 9.72. The molecule has 0 aliphatic carbocycles. The average Bonchev–Trinajstić information content (AvgIpc) is 3.10. The first-order chi connectivity index (χ1) is 12.7. The molecule has 0 radical (unpaired) electrons. The SMILES string of the molecule is Cc1ccc2nc(C(=O)N3CCC[C@H](OCc4ccccn4)C3)cn2c1. The number of carbonyl (C=O) groups is 1. The Hall–Kier alpha value is -2.73. The number of ether oxygens (including phenoxy) is 1. The predicted octanol–water partition coefficient (Wildman–Crippen LogP) is 2.86. The van der Waals surface area contributed by atoms with E-state index in [1.54, 1.807) is 6.20 Å². The maximum atomic E-state index is 12.9. The highest BCUT2D eigenvalue weighted by atomic mass is 16.5. The standard InChI is InChI=1S/C20H22N4O2/c1-15-7-8-19-22-18(13-24(19)11-15)20(25)23-10-4-6-17(12-23)26-14-16-5-2-3-9-21-16/h2-3,5,7-9,11,13,17H,4,6,10,12,14H2,1H3/t17-/m0/s1. The molecule has 0 spiro atoms. The lowest BCUT2D eigenvalue weighted by Crippen LogP contribution is -2.43. The van der Waals surface area contributed by atoms with E-state index in [2.05, 4.69) is 9.97 Å². The third-order valence-electron chi connectivity index (χ3n) is 4.68. The van der Waals surface area contributed by atoms with Crippen LogP contribution in [0.25, 0.3) is 5.65 Å². The van der Waals surface area contributed by atoms with Crippen molar-refractivity contribution in [2.75, 3.05) is 13.1 Å². The van der Waals surface area contributed by atoms with Gasteiger partial charge in [0.2, 0.25) is 0 Å². The first-order valence-electron chi connectivity index (χ1n) is 8.95. The van der Waals surface area contributed by atoms with E-state index in [1.165, 1.54) is 0 Å². The highest BCUT2D eigenvalue weighted by Crippen LogP contribution is 2.17. The van der Waals surface area contributed by atoms with E-state index in [1.807, 2.05) is 58.9 Å². The van der Waals surface area contributed by atoms with Gasteiger partial charge in [0.15, 0.2) is 0 Å². The lowest BCUT2D eigenvalue weighted by molar-refractivity contribution is -0.00799. The maximum absolute atomic E-state index is 12.9. The summed E-state index contributed by atoms with van der Waals surface area (Å²) in [6.45, 7) is 3.84. The molecule has 0 unspecified atom stereocenters. The Balaban J connectivity index is 1.42. The summed E-state index contributed by atoms with van der Waals surface area (Å²) in [7, 11) is 0. The van der Waals surface area contributed by atoms with Crippen LogP contribution in [0.3, 0.4) is 0 Å². The normalized spacial score (nSPS) is 17.6. The zero-order valence-corrected chi connectivity index (χ0v) is 14.8. The van der Waals surface area contributed by atoms with E-state index in [9.17, 15) is 4.79 Å². The number of nitrogens with zero attached hydrogens (tertiary/aromatic N) is 4. The van der Waals surface area contributed by atoms with Gasteiger partial charge in [0.05, 0.1) is 18.4 Å². The third kappa shape index (κ3) is 3.60. The number of fused-ring (bicyclic) bond motifs is 1. The van der Waals surface area contributed by atoms with E-state index in [0.29, 0.717) is 18.8 Å². The van der Waals surface area contributed by atoms with E-state index < -0.39 is 0 Å². The maximum Gasteiger partial charge on any atom is 0.274 e. The van der Waals surface area contributed by atoms with Gasteiger partial charge in [0.25, 0.3) is 5.91 Å². The number of hydrogen-bond donors (Lipinski definition) is 0. The molecule has 4 rings (SSSR count). The van der Waals surface area contributed by atoms with Crippen molar-refractivity contribution >= 4 is 11.6 Å². The Kier molecular flexibility index (Phi) is 4.67. The van der Waals surface area contributed by atoms with Gasteiger partial charge in [-0.05, 0) is 43.5 Å². The summed E-state index contributed by atoms with van der Waals surface area (Å²) in [5, 5.41) is 0. The number of piperidine rings is 1. The smallest absolute Gasteiger partial charge is 0.274 e. The molecule has 6 heteroatoms. The van der Waals surface area contributed by atoms with Crippen LogP contribution in [0.2, 0.25) is 0 Å². The highest BCUT2D eigenvalue weighted by molar-refractivity contribution is 5.93. The fourth-order valence-corrected chi connectivity index (χ4v) is 3.31. The summed E-state index contributed by atoms with van der Waals surface area (Å²) < 4.78 is 7.88. The van der Waals surface area contributed by atoms with Gasteiger partial charge in [-0.3, -0.25) is 9.78 Å². The van der Waals surface area contributed by atoms with E-state index >= 15 is 0 Å². The molecule has 1 fully saturated rings. The van der Waals surface area contributed by atoms with E-state index in [4.69, 9.17) is 4.74 Å². The number of amides is 1. The second-order valence-electron chi connectivity index (χ2n) is 6.75. The van der Waals surface area contributed by atoms with Crippen molar-refractivity contribution in [3.63, 3.8) is 0 Å². The first-order valence-corrected chi connectivity index (χ1v) is 8.95. The Labute approximate surface area is 152 Å². The van der Waals surface area contributed by atoms with Gasteiger partial charge < -0.3 is 14.0 Å². The molecule has 6 nitrogen and oxygen atoms in total. The van der Waals surface area contributed by atoms with Crippen LogP contribution >= 0.6 is 0 Å². The number of aromatic nitrogens is 3. The zero-order valence-electron chi connectivity index (χ0n) is 14.8. The second-order valence-corrected chi connectivity index (χ2v) is 6.75. The van der Waals surface area contributed by atoms with Crippen LogP contribution < -0.4 is 0 Å². The van der Waals surface area contributed by atoms with Crippen molar-refractivity contribution < 1.29 is 9.53 Å². The summed E-state index contributed by atoms with van der Waals surface area (Å²) in [5.41, 5.74) is 3.32. The van der Waals surface area contributed by atoms with Crippen LogP contribution in [0.5, 0.6) is 0 Å². The Morgan fingerprint density at radius 1 is 1.27 bits per heavy atom. The van der Waals surface area contributed by atoms with Gasteiger partial charge in [-0.15, -0.1) is 0 Å². The number of imidazole rings is 1. The quantitative estimate of drug-likeness (QED) is 0.726. The van der Waals surface area contributed by atoms with Gasteiger partial charge in [0, 0.05) is 31.7 Å². The van der Waals surface area contributed by atoms with E-state index in [0.717, 1.165) is 36.3 Å². The Bertz CT molecular complexity index is 907. The van der Waals surface area contributed by atoms with Crippen LogP contribution in [0.4, 0.5) is 0 Å². The minimum absolute atomic E-state index is 0.0301. The van der Waals surface area contributed by atoms with Crippen LogP contribution in [0, 0.1) is 6.92 Å². The molecule has 1 saturated heterocycles. The monoisotopic (exact) mass is 350 g/mol. The van der Waals surface area contributed by atoms with Gasteiger partial charge in [0.1, 0.15) is 11.3 Å². The molecule has 1 aliphatic heterocycles. The topological polar surface area (TPSA) is 59.7 Å². The molecular formula is C20H22N4O2. The summed E-state index contributed by atoms with van der Waals surface area (Å²) >= 11 is 0. The Morgan fingerprint density at radius 3 is 3.04 bits per heavy atom. The molecule has 4 heterocycles. The second kappa shape index (κ2) is 7.25. The van der Waals surface area contributed by atoms with Gasteiger partial charge in [-0.2, -0.15) is 0 Å². The molecule has 0 aromatic carbocycles. The van der Waals surface area contributed by atoms with Crippen LogP contribution in [-0.2, 0) is 11.3 Å². The number of rotatable bonds is 4. The van der Waals surface area contributed by atoms with Crippen LogP contribution in [0.15, 0.2) is 48.9 Å². The summed E-state index contributed by atoms with van der Waals surface area (Å²) in [5.74, 6) is -0.0301. The highest BCUT2D eigenvalue weighted by Gasteiger charge is 2.26. The molecule has 1 amide bonds. The van der Waals surface area contributed by atoms with Crippen molar-refractivity contribution in [3.8, 4) is 0 Å². The molecule has 1 atom stereocenters. The lowest BCUT2D eigenvalue weighted by atomic mass is 10.1. The molecule has 0 N–H and O–H groups in total. The van der Waals surface area contributed by atoms with Crippen molar-refractivity contribution in [1.82, 2.24) is 19.3 Å². The summed E-state index contributed by atoms with van der Waals surface area (Å²) in [6.07, 6.45) is 7.48. The van der Waals surface area contributed by atoms with Crippen molar-refractivity contribution in [2.45, 2.75) is 32.5 Å². The Morgan fingerprint density at radius 2 is 2.19 bits per heavy atom. The third-order valence-corrected chi connectivity index (χ3v) is 4.68. The molecular weight excluding hydrogens is 328 g/mol. The molecule has 3 aromatic heterocycles. The lowest BCUT2D eigenvalue weighted by Gasteiger charge is -2.32. The average molecular weight is 350 g/mol. The zero-order chi connectivity index (χ0) is 17.9. The molecule has 0 saturated carbocycles. The molecule has 26 heavy (non-hydrogen) atoms. The largest absolute Gasteiger partial charge is 0.370 e. The molecule has 0 bridgehead atoms. The van der Waals surface area contributed by atoms with Gasteiger partial charge in [-0.1, -0.05) is 12.1 Å². The van der Waals surface area contributed by atoms with Crippen LogP contribution in [0.1, 0.15) is 34.6 Å². The van der Waals surface area contributed by atoms with Crippen molar-refractivity contribution in [3.05, 3.63) is 65.9 Å². The molecule has 1 aliphatic rings. The van der Waals surface area contributed by atoms with Crippen molar-refractivity contribution in [2.24, 2.45) is 0 Å². The van der Waals surface area contributed by atoms with E-state index in [-0.39, 0.29) is 12.0 Å². The minimum atomic E-state index is -0.0301. The van der Waals surface area contributed by atoms with Gasteiger partial charge in [-0.25, -0.2) is 4.98 Å². The molecule has 3 aromatic rings. The minimum Gasteiger partial charge on any atom is -0.370 e. The fourth-order valence-electron chi connectivity index (χ4n) is 3.31. The van der Waals surface area contributed by atoms with Gasteiger partial charge >= 0.3 is 0 Å². The number of carbonyl (C=O) groups excluding carboxylic acids is 1. The number of likely N-dealkylation sites (tertiary alicyclic amines) is 1. The number of pyridine rings is 2. The number of hydrogen-bond acceptors (Lipinski definition) is 4. The fraction of sp³-hybridized carbons (Fsp3) is 0.350.